The first-order valence-corrected chi connectivity index (χ1v) is 5.30. The summed E-state index contributed by atoms with van der Waals surface area (Å²) in [5.41, 5.74) is 10.4. The molecule has 9 heteroatoms. The summed E-state index contributed by atoms with van der Waals surface area (Å²) < 4.78 is 5.27. The predicted molar refractivity (Wildman–Crippen MR) is 68.1 cm³/mol. The molecular weight excluding hydrogens is 266 g/mol. The molecule has 1 amide bonds. The van der Waals surface area contributed by atoms with E-state index in [1.54, 1.807) is 0 Å². The van der Waals surface area contributed by atoms with Gasteiger partial charge in [0.15, 0.2) is 0 Å². The molecule has 2 aromatic rings. The van der Waals surface area contributed by atoms with Crippen LogP contribution < -0.4 is 16.2 Å². The van der Waals surface area contributed by atoms with Crippen LogP contribution in [0, 0.1) is 10.1 Å². The van der Waals surface area contributed by atoms with Crippen molar-refractivity contribution in [1.82, 2.24) is 9.97 Å². The van der Waals surface area contributed by atoms with Crippen LogP contribution in [0.15, 0.2) is 30.7 Å². The summed E-state index contributed by atoms with van der Waals surface area (Å²) in [6, 6.07) is 3.58. The average molecular weight is 275 g/mol. The number of hydrogen-bond donors (Lipinski definition) is 2. The molecular formula is C11H9N5O4. The standard InChI is InChI=1S/C11H9N5O4/c12-7-4-14-5-15-11(7)20-9-2-1-6(10(13)17)3-8(9)16(18)19/h1-5H,12H2,(H2,13,17). The van der Waals surface area contributed by atoms with Gasteiger partial charge in [0.2, 0.25) is 17.5 Å². The van der Waals surface area contributed by atoms with Crippen molar-refractivity contribution in [3.05, 3.63) is 46.4 Å². The summed E-state index contributed by atoms with van der Waals surface area (Å²) in [5.74, 6) is -0.901. The van der Waals surface area contributed by atoms with Crippen molar-refractivity contribution in [2.75, 3.05) is 5.73 Å². The Balaban J connectivity index is 2.44. The summed E-state index contributed by atoms with van der Waals surface area (Å²) in [6.45, 7) is 0. The summed E-state index contributed by atoms with van der Waals surface area (Å²) in [7, 11) is 0. The highest BCUT2D eigenvalue weighted by Gasteiger charge is 2.19. The second-order valence-electron chi connectivity index (χ2n) is 3.69. The smallest absolute Gasteiger partial charge is 0.312 e. The third kappa shape index (κ3) is 2.61. The fourth-order valence-electron chi connectivity index (χ4n) is 1.42. The Morgan fingerprint density at radius 3 is 2.75 bits per heavy atom. The highest BCUT2D eigenvalue weighted by Crippen LogP contribution is 2.32. The van der Waals surface area contributed by atoms with Gasteiger partial charge in [-0.3, -0.25) is 14.9 Å². The maximum Gasteiger partial charge on any atom is 0.312 e. The van der Waals surface area contributed by atoms with Crippen molar-refractivity contribution in [2.24, 2.45) is 5.73 Å². The van der Waals surface area contributed by atoms with Crippen LogP contribution in [0.3, 0.4) is 0 Å². The van der Waals surface area contributed by atoms with E-state index in [0.717, 1.165) is 6.07 Å². The van der Waals surface area contributed by atoms with E-state index in [-0.39, 0.29) is 22.9 Å². The number of carbonyl (C=O) groups excluding carboxylic acids is 1. The molecule has 0 atom stereocenters. The van der Waals surface area contributed by atoms with E-state index in [9.17, 15) is 14.9 Å². The molecule has 0 fully saturated rings. The monoisotopic (exact) mass is 275 g/mol. The lowest BCUT2D eigenvalue weighted by molar-refractivity contribution is -0.385. The summed E-state index contributed by atoms with van der Waals surface area (Å²) >= 11 is 0. The van der Waals surface area contributed by atoms with Crippen molar-refractivity contribution < 1.29 is 14.5 Å². The molecule has 0 spiro atoms. The van der Waals surface area contributed by atoms with Gasteiger partial charge in [0.1, 0.15) is 12.0 Å². The van der Waals surface area contributed by atoms with Gasteiger partial charge in [-0.15, -0.1) is 0 Å². The number of carbonyl (C=O) groups is 1. The minimum absolute atomic E-state index is 0.000269. The summed E-state index contributed by atoms with van der Waals surface area (Å²) in [6.07, 6.45) is 2.49. The number of nitrogens with zero attached hydrogens (tertiary/aromatic N) is 3. The third-order valence-electron chi connectivity index (χ3n) is 2.35. The molecule has 20 heavy (non-hydrogen) atoms. The molecule has 0 aliphatic rings. The molecule has 0 saturated heterocycles. The van der Waals surface area contributed by atoms with Crippen LogP contribution in [0.5, 0.6) is 11.6 Å². The van der Waals surface area contributed by atoms with Gasteiger partial charge in [0.05, 0.1) is 11.1 Å². The summed E-state index contributed by atoms with van der Waals surface area (Å²) in [5, 5.41) is 11.0. The van der Waals surface area contributed by atoms with Gasteiger partial charge in [-0.1, -0.05) is 0 Å². The highest BCUT2D eigenvalue weighted by molar-refractivity contribution is 5.93. The lowest BCUT2D eigenvalue weighted by atomic mass is 10.2. The Kier molecular flexibility index (Phi) is 3.42. The average Bonchev–Trinajstić information content (AvgIpc) is 2.41. The second-order valence-corrected chi connectivity index (χ2v) is 3.69. The maximum absolute atomic E-state index is 11.0. The largest absolute Gasteiger partial charge is 0.430 e. The van der Waals surface area contributed by atoms with E-state index < -0.39 is 16.5 Å². The molecule has 2 rings (SSSR count). The third-order valence-corrected chi connectivity index (χ3v) is 2.35. The quantitative estimate of drug-likeness (QED) is 0.620. The van der Waals surface area contributed by atoms with Crippen LogP contribution in [-0.2, 0) is 0 Å². The molecule has 9 nitrogen and oxygen atoms in total. The van der Waals surface area contributed by atoms with Gasteiger partial charge in [-0.25, -0.2) is 4.98 Å². The maximum atomic E-state index is 11.0. The molecule has 1 aromatic carbocycles. The molecule has 0 saturated carbocycles. The van der Waals surface area contributed by atoms with Crippen molar-refractivity contribution in [2.45, 2.75) is 0 Å². The lowest BCUT2D eigenvalue weighted by Gasteiger charge is -2.07. The molecule has 4 N–H and O–H groups in total. The Hall–Kier alpha value is -3.23. The number of primary amides is 1. The van der Waals surface area contributed by atoms with Gasteiger partial charge < -0.3 is 16.2 Å². The number of ether oxygens (including phenoxy) is 1. The van der Waals surface area contributed by atoms with Gasteiger partial charge in [0, 0.05) is 11.6 Å². The minimum atomic E-state index is -0.777. The number of aromatic nitrogens is 2. The Morgan fingerprint density at radius 1 is 1.40 bits per heavy atom. The van der Waals surface area contributed by atoms with Gasteiger partial charge >= 0.3 is 5.69 Å². The fraction of sp³-hybridized carbons (Fsp3) is 0. The molecule has 0 unspecified atom stereocenters. The van der Waals surface area contributed by atoms with Crippen LogP contribution in [0.25, 0.3) is 0 Å². The van der Waals surface area contributed by atoms with E-state index in [4.69, 9.17) is 16.2 Å². The number of benzene rings is 1. The van der Waals surface area contributed by atoms with Crippen LogP contribution in [-0.4, -0.2) is 20.8 Å². The van der Waals surface area contributed by atoms with Gasteiger partial charge in [0.25, 0.3) is 0 Å². The lowest BCUT2D eigenvalue weighted by Crippen LogP contribution is -2.11. The number of anilines is 1. The Morgan fingerprint density at radius 2 is 2.15 bits per heavy atom. The van der Waals surface area contributed by atoms with Crippen LogP contribution in [0.1, 0.15) is 10.4 Å². The number of nitro benzene ring substituents is 1. The molecule has 1 heterocycles. The van der Waals surface area contributed by atoms with Crippen LogP contribution in [0.2, 0.25) is 0 Å². The Bertz CT molecular complexity index is 688. The number of nitrogens with two attached hydrogens (primary N) is 2. The number of rotatable bonds is 4. The fourth-order valence-corrected chi connectivity index (χ4v) is 1.42. The normalized spacial score (nSPS) is 10.0. The minimum Gasteiger partial charge on any atom is -0.430 e. The van der Waals surface area contributed by atoms with E-state index in [1.807, 2.05) is 0 Å². The molecule has 1 aromatic heterocycles. The van der Waals surface area contributed by atoms with Crippen LogP contribution in [0.4, 0.5) is 11.4 Å². The number of hydrogen-bond acceptors (Lipinski definition) is 7. The second kappa shape index (κ2) is 5.18. The predicted octanol–water partition coefficient (Wildman–Crippen LogP) is 0.858. The first kappa shape index (κ1) is 13.2. The van der Waals surface area contributed by atoms with E-state index in [2.05, 4.69) is 9.97 Å². The van der Waals surface area contributed by atoms with Crippen molar-refractivity contribution in [3.8, 4) is 11.6 Å². The first-order chi connectivity index (χ1) is 9.49. The topological polar surface area (TPSA) is 147 Å². The number of nitro groups is 1. The highest BCUT2D eigenvalue weighted by atomic mass is 16.6. The summed E-state index contributed by atoms with van der Waals surface area (Å²) in [4.78, 5) is 28.7. The van der Waals surface area contributed by atoms with Gasteiger partial charge in [-0.05, 0) is 12.1 Å². The zero-order valence-corrected chi connectivity index (χ0v) is 10.0. The van der Waals surface area contributed by atoms with Crippen molar-refractivity contribution in [1.29, 1.82) is 0 Å². The van der Waals surface area contributed by atoms with Crippen molar-refractivity contribution in [3.63, 3.8) is 0 Å². The van der Waals surface area contributed by atoms with E-state index in [0.29, 0.717) is 0 Å². The van der Waals surface area contributed by atoms with Crippen LogP contribution >= 0.6 is 0 Å². The molecule has 0 bridgehead atoms. The molecule has 0 aliphatic carbocycles. The molecule has 0 radical (unpaired) electrons. The van der Waals surface area contributed by atoms with E-state index >= 15 is 0 Å². The Labute approximate surface area is 112 Å². The molecule has 0 aliphatic heterocycles. The SMILES string of the molecule is NC(=O)c1ccc(Oc2ncncc2N)c([N+](=O)[O-])c1. The molecule has 102 valence electrons. The zero-order chi connectivity index (χ0) is 14.7. The number of amides is 1. The van der Waals surface area contributed by atoms with Gasteiger partial charge in [-0.2, -0.15) is 4.98 Å². The van der Waals surface area contributed by atoms with Crippen molar-refractivity contribution >= 4 is 17.3 Å². The zero-order valence-electron chi connectivity index (χ0n) is 10.0. The number of nitrogen functional groups attached to an aromatic ring is 1. The van der Waals surface area contributed by atoms with E-state index in [1.165, 1.54) is 24.7 Å². The first-order valence-electron chi connectivity index (χ1n) is 5.30.